The van der Waals surface area contributed by atoms with Gasteiger partial charge in [-0.05, 0) is 30.3 Å². The molecule has 0 aliphatic heterocycles. The SMILES string of the molecule is CN(C)c1ccc(-c2ccnc(NCc3cc(-c4ccccn4)no3)n2)cc1. The first-order valence-corrected chi connectivity index (χ1v) is 8.91. The molecule has 0 atom stereocenters. The molecule has 3 heterocycles. The Bertz CT molecular complexity index is 1040. The summed E-state index contributed by atoms with van der Waals surface area (Å²) in [4.78, 5) is 15.2. The molecule has 28 heavy (non-hydrogen) atoms. The Kier molecular flexibility index (Phi) is 4.97. The Balaban J connectivity index is 1.45. The van der Waals surface area contributed by atoms with Crippen LogP contribution in [0.25, 0.3) is 22.6 Å². The van der Waals surface area contributed by atoms with Gasteiger partial charge in [0, 0.05) is 43.8 Å². The van der Waals surface area contributed by atoms with Crippen LogP contribution in [0.3, 0.4) is 0 Å². The number of rotatable bonds is 6. The maximum atomic E-state index is 5.38. The van der Waals surface area contributed by atoms with Crippen LogP contribution < -0.4 is 10.2 Å². The highest BCUT2D eigenvalue weighted by Gasteiger charge is 2.08. The van der Waals surface area contributed by atoms with E-state index in [4.69, 9.17) is 4.52 Å². The summed E-state index contributed by atoms with van der Waals surface area (Å²) < 4.78 is 5.38. The molecule has 0 unspecified atom stereocenters. The minimum Gasteiger partial charge on any atom is -0.378 e. The van der Waals surface area contributed by atoms with E-state index >= 15 is 0 Å². The van der Waals surface area contributed by atoms with Gasteiger partial charge in [0.25, 0.3) is 0 Å². The van der Waals surface area contributed by atoms with Crippen LogP contribution in [-0.4, -0.2) is 34.2 Å². The number of aromatic nitrogens is 4. The predicted molar refractivity (Wildman–Crippen MR) is 109 cm³/mol. The second-order valence-electron chi connectivity index (χ2n) is 6.45. The van der Waals surface area contributed by atoms with Crippen LogP contribution in [0.2, 0.25) is 0 Å². The van der Waals surface area contributed by atoms with Crippen molar-refractivity contribution in [3.63, 3.8) is 0 Å². The molecule has 0 fully saturated rings. The van der Waals surface area contributed by atoms with Gasteiger partial charge >= 0.3 is 0 Å². The van der Waals surface area contributed by atoms with Crippen molar-refractivity contribution in [3.05, 3.63) is 72.8 Å². The molecule has 7 nitrogen and oxygen atoms in total. The Morgan fingerprint density at radius 1 is 0.893 bits per heavy atom. The van der Waals surface area contributed by atoms with Crippen LogP contribution >= 0.6 is 0 Å². The van der Waals surface area contributed by atoms with Gasteiger partial charge in [-0.25, -0.2) is 9.97 Å². The van der Waals surface area contributed by atoms with E-state index in [0.717, 1.165) is 22.6 Å². The predicted octanol–water partition coefficient (Wildman–Crippen LogP) is 3.87. The van der Waals surface area contributed by atoms with E-state index in [1.54, 1.807) is 12.4 Å². The van der Waals surface area contributed by atoms with Crippen molar-refractivity contribution < 1.29 is 4.52 Å². The number of pyridine rings is 1. The summed E-state index contributed by atoms with van der Waals surface area (Å²) in [5, 5.41) is 7.24. The zero-order chi connectivity index (χ0) is 19.3. The monoisotopic (exact) mass is 372 g/mol. The summed E-state index contributed by atoms with van der Waals surface area (Å²) in [6.07, 6.45) is 3.47. The standard InChI is InChI=1S/C21H20N6O/c1-27(2)16-8-6-15(7-9-16)18-10-12-23-21(25-18)24-14-17-13-20(26-28-17)19-5-3-4-11-22-19/h3-13H,14H2,1-2H3,(H,23,24,25). The molecule has 140 valence electrons. The van der Waals surface area contributed by atoms with Crippen LogP contribution in [-0.2, 0) is 6.54 Å². The van der Waals surface area contributed by atoms with Gasteiger partial charge in [-0.15, -0.1) is 0 Å². The summed E-state index contributed by atoms with van der Waals surface area (Å²) in [5.41, 5.74) is 4.51. The lowest BCUT2D eigenvalue weighted by Gasteiger charge is -2.12. The number of hydrogen-bond donors (Lipinski definition) is 1. The van der Waals surface area contributed by atoms with E-state index in [-0.39, 0.29) is 0 Å². The zero-order valence-electron chi connectivity index (χ0n) is 15.7. The Labute approximate surface area is 163 Å². The van der Waals surface area contributed by atoms with Gasteiger partial charge in [-0.2, -0.15) is 0 Å². The summed E-state index contributed by atoms with van der Waals surface area (Å²) in [5.74, 6) is 1.22. The van der Waals surface area contributed by atoms with Crippen molar-refractivity contribution in [2.45, 2.75) is 6.54 Å². The van der Waals surface area contributed by atoms with Gasteiger partial charge in [-0.3, -0.25) is 4.98 Å². The zero-order valence-corrected chi connectivity index (χ0v) is 15.7. The van der Waals surface area contributed by atoms with E-state index in [0.29, 0.717) is 23.9 Å². The largest absolute Gasteiger partial charge is 0.378 e. The van der Waals surface area contributed by atoms with Crippen LogP contribution in [0.4, 0.5) is 11.6 Å². The lowest BCUT2D eigenvalue weighted by molar-refractivity contribution is 0.389. The molecule has 4 aromatic rings. The number of nitrogens with zero attached hydrogens (tertiary/aromatic N) is 5. The van der Waals surface area contributed by atoms with Gasteiger partial charge < -0.3 is 14.7 Å². The van der Waals surface area contributed by atoms with Gasteiger partial charge in [0.05, 0.1) is 17.9 Å². The van der Waals surface area contributed by atoms with Crippen molar-refractivity contribution in [2.24, 2.45) is 0 Å². The normalized spacial score (nSPS) is 10.6. The molecule has 0 aliphatic rings. The molecule has 0 spiro atoms. The Morgan fingerprint density at radius 2 is 1.75 bits per heavy atom. The molecular formula is C21H20N6O. The highest BCUT2D eigenvalue weighted by Crippen LogP contribution is 2.22. The van der Waals surface area contributed by atoms with Crippen molar-refractivity contribution in [1.82, 2.24) is 20.1 Å². The number of anilines is 2. The minimum absolute atomic E-state index is 0.433. The highest BCUT2D eigenvalue weighted by atomic mass is 16.5. The Hall–Kier alpha value is -3.74. The van der Waals surface area contributed by atoms with Crippen LogP contribution in [0.15, 0.2) is 71.5 Å². The highest BCUT2D eigenvalue weighted by molar-refractivity contribution is 5.63. The molecule has 0 radical (unpaired) electrons. The molecule has 0 saturated heterocycles. The van der Waals surface area contributed by atoms with Gasteiger partial charge in [0.1, 0.15) is 5.69 Å². The quantitative estimate of drug-likeness (QED) is 0.550. The van der Waals surface area contributed by atoms with E-state index in [1.165, 1.54) is 0 Å². The first kappa shape index (κ1) is 17.7. The lowest BCUT2D eigenvalue weighted by atomic mass is 10.1. The second kappa shape index (κ2) is 7.87. The first-order valence-electron chi connectivity index (χ1n) is 8.91. The van der Waals surface area contributed by atoms with E-state index in [2.05, 4.69) is 54.6 Å². The maximum Gasteiger partial charge on any atom is 0.223 e. The average molecular weight is 372 g/mol. The third kappa shape index (κ3) is 3.98. The van der Waals surface area contributed by atoms with Crippen LogP contribution in [0.1, 0.15) is 5.76 Å². The molecule has 0 saturated carbocycles. The topological polar surface area (TPSA) is 80.0 Å². The minimum atomic E-state index is 0.433. The van der Waals surface area contributed by atoms with Crippen molar-refractivity contribution >= 4 is 11.6 Å². The number of hydrogen-bond acceptors (Lipinski definition) is 7. The smallest absolute Gasteiger partial charge is 0.223 e. The van der Waals surface area contributed by atoms with E-state index in [9.17, 15) is 0 Å². The number of benzene rings is 1. The molecule has 7 heteroatoms. The molecule has 3 aromatic heterocycles. The molecule has 0 amide bonds. The summed E-state index contributed by atoms with van der Waals surface area (Å²) >= 11 is 0. The third-order valence-corrected chi connectivity index (χ3v) is 4.24. The maximum absolute atomic E-state index is 5.38. The van der Waals surface area contributed by atoms with Crippen molar-refractivity contribution in [2.75, 3.05) is 24.3 Å². The first-order chi connectivity index (χ1) is 13.7. The lowest BCUT2D eigenvalue weighted by Crippen LogP contribution is -2.08. The van der Waals surface area contributed by atoms with Gasteiger partial charge in [0.2, 0.25) is 5.95 Å². The fourth-order valence-corrected chi connectivity index (χ4v) is 2.73. The van der Waals surface area contributed by atoms with Gasteiger partial charge in [-0.1, -0.05) is 23.4 Å². The Morgan fingerprint density at radius 3 is 2.50 bits per heavy atom. The average Bonchev–Trinajstić information content (AvgIpc) is 3.22. The molecular weight excluding hydrogens is 352 g/mol. The fraction of sp³-hybridized carbons (Fsp3) is 0.143. The van der Waals surface area contributed by atoms with E-state index in [1.807, 2.05) is 44.4 Å². The van der Waals surface area contributed by atoms with Gasteiger partial charge in [0.15, 0.2) is 5.76 Å². The van der Waals surface area contributed by atoms with Crippen LogP contribution in [0.5, 0.6) is 0 Å². The molecule has 1 N–H and O–H groups in total. The van der Waals surface area contributed by atoms with Crippen molar-refractivity contribution in [1.29, 1.82) is 0 Å². The fourth-order valence-electron chi connectivity index (χ4n) is 2.73. The summed E-state index contributed by atoms with van der Waals surface area (Å²) in [6.45, 7) is 0.433. The molecule has 4 rings (SSSR count). The third-order valence-electron chi connectivity index (χ3n) is 4.24. The van der Waals surface area contributed by atoms with Crippen molar-refractivity contribution in [3.8, 4) is 22.6 Å². The van der Waals surface area contributed by atoms with E-state index < -0.39 is 0 Å². The number of nitrogens with one attached hydrogen (secondary N) is 1. The molecule has 0 aliphatic carbocycles. The second-order valence-corrected chi connectivity index (χ2v) is 6.45. The molecule has 1 aromatic carbocycles. The summed E-state index contributed by atoms with van der Waals surface area (Å²) in [6, 6.07) is 17.7. The van der Waals surface area contributed by atoms with Crippen LogP contribution in [0, 0.1) is 0 Å². The summed E-state index contributed by atoms with van der Waals surface area (Å²) in [7, 11) is 4.04. The molecule has 0 bridgehead atoms.